The first-order valence-electron chi connectivity index (χ1n) is 5.69. The number of rotatable bonds is 6. The molecule has 0 saturated heterocycles. The van der Waals surface area contributed by atoms with Crippen molar-refractivity contribution in [2.24, 2.45) is 5.73 Å². The average molecular weight is 239 g/mol. The number of Topliss-reactive ketones (excluding diaryl/α,β-unsaturated/α-hetero) is 1. The fourth-order valence-electron chi connectivity index (χ4n) is 1.62. The molecule has 0 saturated carbocycles. The van der Waals surface area contributed by atoms with Crippen molar-refractivity contribution < 1.29 is 13.9 Å². The summed E-state index contributed by atoms with van der Waals surface area (Å²) >= 11 is 0. The zero-order valence-corrected chi connectivity index (χ0v) is 10.2. The number of ketones is 1. The Morgan fingerprint density at radius 3 is 2.76 bits per heavy atom. The van der Waals surface area contributed by atoms with Crippen molar-refractivity contribution >= 4 is 5.78 Å². The molecule has 0 heterocycles. The summed E-state index contributed by atoms with van der Waals surface area (Å²) in [6, 6.07) is 4.06. The molecule has 0 aromatic heterocycles. The molecule has 1 aromatic rings. The fraction of sp³-hybridized carbons (Fsp3) is 0.462. The van der Waals surface area contributed by atoms with Crippen LogP contribution in [0, 0.1) is 5.82 Å². The smallest absolute Gasteiger partial charge is 0.165 e. The van der Waals surface area contributed by atoms with E-state index in [0.29, 0.717) is 12.0 Å². The third-order valence-corrected chi connectivity index (χ3v) is 2.61. The molecule has 0 aliphatic carbocycles. The topological polar surface area (TPSA) is 52.3 Å². The number of carbonyl (C=O) groups is 1. The Labute approximate surface area is 101 Å². The number of carbonyl (C=O) groups excluding carboxylic acids is 1. The van der Waals surface area contributed by atoms with Crippen LogP contribution in [0.15, 0.2) is 18.2 Å². The highest BCUT2D eigenvalue weighted by atomic mass is 19.1. The van der Waals surface area contributed by atoms with Gasteiger partial charge in [0.1, 0.15) is 0 Å². The molecule has 0 spiro atoms. The molecule has 1 unspecified atom stereocenters. The van der Waals surface area contributed by atoms with E-state index in [1.807, 2.05) is 6.92 Å². The first-order chi connectivity index (χ1) is 8.08. The Bertz CT molecular complexity index is 393. The van der Waals surface area contributed by atoms with Crippen LogP contribution in [0.5, 0.6) is 5.75 Å². The summed E-state index contributed by atoms with van der Waals surface area (Å²) in [5, 5.41) is 0. The lowest BCUT2D eigenvalue weighted by Gasteiger charge is -2.09. The molecule has 3 nitrogen and oxygen atoms in total. The van der Waals surface area contributed by atoms with E-state index < -0.39 is 11.9 Å². The summed E-state index contributed by atoms with van der Waals surface area (Å²) < 4.78 is 18.2. The van der Waals surface area contributed by atoms with Gasteiger partial charge in [-0.2, -0.15) is 0 Å². The lowest BCUT2D eigenvalue weighted by Crippen LogP contribution is -2.31. The third kappa shape index (κ3) is 3.82. The lowest BCUT2D eigenvalue weighted by molar-refractivity contribution is -0.119. The Kier molecular flexibility index (Phi) is 5.10. The van der Waals surface area contributed by atoms with Gasteiger partial charge in [-0.15, -0.1) is 0 Å². The van der Waals surface area contributed by atoms with Crippen LogP contribution in [0.4, 0.5) is 4.39 Å². The van der Waals surface area contributed by atoms with Gasteiger partial charge in [-0.3, -0.25) is 4.79 Å². The van der Waals surface area contributed by atoms with Gasteiger partial charge in [-0.1, -0.05) is 19.4 Å². The van der Waals surface area contributed by atoms with E-state index in [2.05, 4.69) is 0 Å². The summed E-state index contributed by atoms with van der Waals surface area (Å²) in [4.78, 5) is 11.7. The summed E-state index contributed by atoms with van der Waals surface area (Å²) in [6.45, 7) is 1.97. The van der Waals surface area contributed by atoms with Crippen LogP contribution in [-0.4, -0.2) is 18.9 Å². The van der Waals surface area contributed by atoms with Gasteiger partial charge in [0.05, 0.1) is 13.2 Å². The Hall–Kier alpha value is -1.42. The maximum atomic E-state index is 13.4. The molecule has 17 heavy (non-hydrogen) atoms. The fourth-order valence-corrected chi connectivity index (χ4v) is 1.62. The van der Waals surface area contributed by atoms with E-state index in [0.717, 1.165) is 6.42 Å². The van der Waals surface area contributed by atoms with Gasteiger partial charge in [-0.05, 0) is 24.1 Å². The van der Waals surface area contributed by atoms with Crippen molar-refractivity contribution in [1.29, 1.82) is 0 Å². The number of ether oxygens (including phenoxy) is 1. The highest BCUT2D eigenvalue weighted by Gasteiger charge is 2.14. The standard InChI is InChI=1S/C13H18FNO2/c1-3-4-11(15)12(16)8-9-5-6-13(17-2)10(14)7-9/h5-7,11H,3-4,8,15H2,1-2H3. The van der Waals surface area contributed by atoms with Gasteiger partial charge in [0, 0.05) is 6.42 Å². The quantitative estimate of drug-likeness (QED) is 0.826. The van der Waals surface area contributed by atoms with E-state index in [-0.39, 0.29) is 18.0 Å². The molecule has 0 aliphatic heterocycles. The summed E-state index contributed by atoms with van der Waals surface area (Å²) in [7, 11) is 1.40. The Balaban J connectivity index is 2.69. The van der Waals surface area contributed by atoms with E-state index in [4.69, 9.17) is 10.5 Å². The predicted octanol–water partition coefficient (Wildman–Crippen LogP) is 2.07. The summed E-state index contributed by atoms with van der Waals surface area (Å²) in [5.74, 6) is -0.336. The normalized spacial score (nSPS) is 12.2. The van der Waals surface area contributed by atoms with E-state index in [9.17, 15) is 9.18 Å². The molecular formula is C13H18FNO2. The molecule has 1 aromatic carbocycles. The molecule has 1 atom stereocenters. The van der Waals surface area contributed by atoms with Gasteiger partial charge in [0.2, 0.25) is 0 Å². The van der Waals surface area contributed by atoms with Gasteiger partial charge >= 0.3 is 0 Å². The second kappa shape index (κ2) is 6.35. The molecule has 1 rings (SSSR count). The van der Waals surface area contributed by atoms with Crippen molar-refractivity contribution in [2.45, 2.75) is 32.2 Å². The van der Waals surface area contributed by atoms with Gasteiger partial charge in [0.15, 0.2) is 17.3 Å². The molecule has 2 N–H and O–H groups in total. The average Bonchev–Trinajstić information content (AvgIpc) is 2.29. The van der Waals surface area contributed by atoms with Gasteiger partial charge < -0.3 is 10.5 Å². The second-order valence-corrected chi connectivity index (χ2v) is 4.01. The highest BCUT2D eigenvalue weighted by Crippen LogP contribution is 2.18. The van der Waals surface area contributed by atoms with Crippen molar-refractivity contribution in [3.8, 4) is 5.75 Å². The van der Waals surface area contributed by atoms with Crippen LogP contribution in [0.25, 0.3) is 0 Å². The van der Waals surface area contributed by atoms with Crippen LogP contribution >= 0.6 is 0 Å². The molecule has 0 radical (unpaired) electrons. The SMILES string of the molecule is CCCC(N)C(=O)Cc1ccc(OC)c(F)c1. The van der Waals surface area contributed by atoms with E-state index in [1.54, 1.807) is 6.07 Å². The Morgan fingerprint density at radius 1 is 1.53 bits per heavy atom. The minimum Gasteiger partial charge on any atom is -0.494 e. The molecule has 4 heteroatoms. The van der Waals surface area contributed by atoms with Gasteiger partial charge in [-0.25, -0.2) is 4.39 Å². The number of hydrogen-bond acceptors (Lipinski definition) is 3. The second-order valence-electron chi connectivity index (χ2n) is 4.01. The number of benzene rings is 1. The number of halogens is 1. The minimum absolute atomic E-state index is 0.0589. The third-order valence-electron chi connectivity index (χ3n) is 2.61. The molecule has 0 bridgehead atoms. The monoisotopic (exact) mass is 239 g/mol. The largest absolute Gasteiger partial charge is 0.494 e. The Morgan fingerprint density at radius 2 is 2.24 bits per heavy atom. The predicted molar refractivity (Wildman–Crippen MR) is 64.5 cm³/mol. The zero-order valence-electron chi connectivity index (χ0n) is 10.2. The number of nitrogens with two attached hydrogens (primary N) is 1. The van der Waals surface area contributed by atoms with Crippen LogP contribution in [0.3, 0.4) is 0 Å². The number of methoxy groups -OCH3 is 1. The first-order valence-corrected chi connectivity index (χ1v) is 5.69. The highest BCUT2D eigenvalue weighted by molar-refractivity contribution is 5.85. The van der Waals surface area contributed by atoms with Crippen LogP contribution < -0.4 is 10.5 Å². The lowest BCUT2D eigenvalue weighted by atomic mass is 10.0. The summed E-state index contributed by atoms with van der Waals surface area (Å²) in [5.41, 5.74) is 6.33. The van der Waals surface area contributed by atoms with Crippen molar-refractivity contribution in [3.05, 3.63) is 29.6 Å². The molecule has 0 aliphatic rings. The van der Waals surface area contributed by atoms with Crippen LogP contribution in [-0.2, 0) is 11.2 Å². The van der Waals surface area contributed by atoms with Crippen molar-refractivity contribution in [2.75, 3.05) is 7.11 Å². The molecule has 94 valence electrons. The van der Waals surface area contributed by atoms with Gasteiger partial charge in [0.25, 0.3) is 0 Å². The van der Waals surface area contributed by atoms with Crippen molar-refractivity contribution in [3.63, 3.8) is 0 Å². The van der Waals surface area contributed by atoms with Crippen LogP contribution in [0.2, 0.25) is 0 Å². The molecular weight excluding hydrogens is 221 g/mol. The minimum atomic E-state index is -0.457. The summed E-state index contributed by atoms with van der Waals surface area (Å²) in [6.07, 6.45) is 1.70. The first kappa shape index (κ1) is 13.6. The zero-order chi connectivity index (χ0) is 12.8. The van der Waals surface area contributed by atoms with Crippen LogP contribution in [0.1, 0.15) is 25.3 Å². The van der Waals surface area contributed by atoms with E-state index in [1.165, 1.54) is 19.2 Å². The number of hydrogen-bond donors (Lipinski definition) is 1. The van der Waals surface area contributed by atoms with Crippen molar-refractivity contribution in [1.82, 2.24) is 0 Å². The van der Waals surface area contributed by atoms with E-state index >= 15 is 0 Å². The maximum absolute atomic E-state index is 13.4. The molecule has 0 fully saturated rings. The maximum Gasteiger partial charge on any atom is 0.165 e. The molecule has 0 amide bonds.